The average Bonchev–Trinajstić information content (AvgIpc) is 3.01. The van der Waals surface area contributed by atoms with E-state index in [2.05, 4.69) is 5.32 Å². The lowest BCUT2D eigenvalue weighted by Crippen LogP contribution is -2.63. The highest BCUT2D eigenvalue weighted by molar-refractivity contribution is 6.26. The number of fused-ring (bicyclic) bond motifs is 1. The van der Waals surface area contributed by atoms with Gasteiger partial charge in [-0.05, 0) is 66.1 Å². The highest BCUT2D eigenvalue weighted by Crippen LogP contribution is 2.34. The van der Waals surface area contributed by atoms with Gasteiger partial charge in [-0.25, -0.2) is 14.5 Å². The molecule has 10 nitrogen and oxygen atoms in total. The minimum absolute atomic E-state index is 0.0694. The third-order valence-corrected chi connectivity index (χ3v) is 4.98. The third-order valence-electron chi connectivity index (χ3n) is 4.98. The summed E-state index contributed by atoms with van der Waals surface area (Å²) in [7, 11) is 0. The van der Waals surface area contributed by atoms with Crippen LogP contribution in [-0.4, -0.2) is 72.1 Å². The van der Waals surface area contributed by atoms with E-state index in [4.69, 9.17) is 14.2 Å². The number of imide groups is 1. The van der Waals surface area contributed by atoms with Crippen LogP contribution < -0.4 is 5.32 Å². The first-order valence-corrected chi connectivity index (χ1v) is 11.2. The molecule has 10 heteroatoms. The van der Waals surface area contributed by atoms with Gasteiger partial charge >= 0.3 is 17.9 Å². The van der Waals surface area contributed by atoms with E-state index in [-0.39, 0.29) is 50.3 Å². The standard InChI is InChI=1S/C24H32N2O8/c1-6-32-21(30)24(22(31)33-7-2,13-10-14-25-15-18(27)34-23(3,4)5)26-19(28)16-11-8-9-12-17(16)20(26)29/h8-9,11-12,25H,6-7,10,13-15H2,1-5H3. The second-order valence-electron chi connectivity index (χ2n) is 8.66. The molecule has 0 aromatic heterocycles. The first-order valence-electron chi connectivity index (χ1n) is 11.2. The van der Waals surface area contributed by atoms with E-state index in [9.17, 15) is 24.0 Å². The predicted molar refractivity (Wildman–Crippen MR) is 121 cm³/mol. The fourth-order valence-electron chi connectivity index (χ4n) is 3.66. The first-order chi connectivity index (χ1) is 16.0. The summed E-state index contributed by atoms with van der Waals surface area (Å²) in [5.41, 5.74) is -2.75. The Labute approximate surface area is 198 Å². The van der Waals surface area contributed by atoms with E-state index in [0.29, 0.717) is 4.90 Å². The van der Waals surface area contributed by atoms with Crippen LogP contribution in [0.4, 0.5) is 0 Å². The molecule has 186 valence electrons. The zero-order valence-electron chi connectivity index (χ0n) is 20.3. The Morgan fingerprint density at radius 2 is 1.41 bits per heavy atom. The van der Waals surface area contributed by atoms with Gasteiger partial charge in [-0.3, -0.25) is 14.4 Å². The van der Waals surface area contributed by atoms with Crippen LogP contribution in [0.5, 0.6) is 0 Å². The Morgan fingerprint density at radius 1 is 0.912 bits per heavy atom. The van der Waals surface area contributed by atoms with Crippen LogP contribution in [0, 0.1) is 0 Å². The number of nitrogens with zero attached hydrogens (tertiary/aromatic N) is 1. The third kappa shape index (κ3) is 5.80. The number of benzene rings is 1. The molecular weight excluding hydrogens is 444 g/mol. The maximum Gasteiger partial charge on any atom is 0.344 e. The van der Waals surface area contributed by atoms with Gasteiger partial charge in [0, 0.05) is 0 Å². The molecule has 1 N–H and O–H groups in total. The summed E-state index contributed by atoms with van der Waals surface area (Å²) in [6.07, 6.45) is -0.106. The molecule has 0 aliphatic carbocycles. The average molecular weight is 477 g/mol. The normalized spacial score (nSPS) is 13.5. The molecule has 1 aromatic rings. The second-order valence-corrected chi connectivity index (χ2v) is 8.66. The fourth-order valence-corrected chi connectivity index (χ4v) is 3.66. The molecule has 2 amide bonds. The van der Waals surface area contributed by atoms with Crippen molar-refractivity contribution in [3.05, 3.63) is 35.4 Å². The number of hydrogen-bond acceptors (Lipinski definition) is 9. The highest BCUT2D eigenvalue weighted by atomic mass is 16.6. The smallest absolute Gasteiger partial charge is 0.344 e. The Morgan fingerprint density at radius 3 is 1.85 bits per heavy atom. The predicted octanol–water partition coefficient (Wildman–Crippen LogP) is 1.86. The molecule has 0 unspecified atom stereocenters. The second kappa shape index (κ2) is 11.2. The van der Waals surface area contributed by atoms with Crippen LogP contribution >= 0.6 is 0 Å². The zero-order chi connectivity index (χ0) is 25.5. The maximum atomic E-state index is 13.2. The zero-order valence-corrected chi connectivity index (χ0v) is 20.3. The first kappa shape index (κ1) is 27.0. The van der Waals surface area contributed by atoms with Gasteiger partial charge in [-0.15, -0.1) is 0 Å². The molecule has 0 bridgehead atoms. The van der Waals surface area contributed by atoms with Crippen molar-refractivity contribution in [1.29, 1.82) is 0 Å². The Kier molecular flexibility index (Phi) is 8.92. The molecule has 1 aromatic carbocycles. The molecule has 2 rings (SSSR count). The largest absolute Gasteiger partial charge is 0.464 e. The molecule has 34 heavy (non-hydrogen) atoms. The number of carbonyl (C=O) groups excluding carboxylic acids is 5. The number of esters is 3. The number of ether oxygens (including phenoxy) is 3. The van der Waals surface area contributed by atoms with Crippen molar-refractivity contribution in [1.82, 2.24) is 10.2 Å². The van der Waals surface area contributed by atoms with Crippen LogP contribution in [-0.2, 0) is 28.6 Å². The van der Waals surface area contributed by atoms with E-state index in [0.717, 1.165) is 0 Å². The van der Waals surface area contributed by atoms with Gasteiger partial charge in [0.2, 0.25) is 5.54 Å². The number of rotatable bonds is 11. The number of hydrogen-bond donors (Lipinski definition) is 1. The number of amides is 2. The summed E-state index contributed by atoms with van der Waals surface area (Å²) in [4.78, 5) is 65.3. The van der Waals surface area contributed by atoms with Gasteiger partial charge in [0.15, 0.2) is 0 Å². The molecule has 0 spiro atoms. The summed E-state index contributed by atoms with van der Waals surface area (Å²) in [6.45, 7) is 8.33. The minimum Gasteiger partial charge on any atom is -0.464 e. The van der Waals surface area contributed by atoms with Gasteiger partial charge in [0.25, 0.3) is 11.8 Å². The Bertz CT molecular complexity index is 898. The van der Waals surface area contributed by atoms with E-state index in [1.807, 2.05) is 0 Å². The van der Waals surface area contributed by atoms with Crippen molar-refractivity contribution in [2.75, 3.05) is 26.3 Å². The monoisotopic (exact) mass is 476 g/mol. The number of carbonyl (C=O) groups is 5. The fraction of sp³-hybridized carbons (Fsp3) is 0.542. The van der Waals surface area contributed by atoms with Crippen molar-refractivity contribution >= 4 is 29.7 Å². The van der Waals surface area contributed by atoms with Crippen molar-refractivity contribution in [2.45, 2.75) is 58.6 Å². The molecule has 0 saturated heterocycles. The molecular formula is C24H32N2O8. The topological polar surface area (TPSA) is 128 Å². The quantitative estimate of drug-likeness (QED) is 0.167. The van der Waals surface area contributed by atoms with Crippen molar-refractivity contribution < 1.29 is 38.2 Å². The van der Waals surface area contributed by atoms with Crippen molar-refractivity contribution in [2.24, 2.45) is 0 Å². The molecule has 0 fully saturated rings. The van der Waals surface area contributed by atoms with Crippen LogP contribution in [0.2, 0.25) is 0 Å². The van der Waals surface area contributed by atoms with Crippen LogP contribution in [0.15, 0.2) is 24.3 Å². The van der Waals surface area contributed by atoms with Gasteiger partial charge in [0.05, 0.1) is 30.9 Å². The highest BCUT2D eigenvalue weighted by Gasteiger charge is 2.60. The Balaban J connectivity index is 2.30. The summed E-state index contributed by atoms with van der Waals surface area (Å²) >= 11 is 0. The summed E-state index contributed by atoms with van der Waals surface area (Å²) in [5, 5.41) is 2.89. The molecule has 1 heterocycles. The summed E-state index contributed by atoms with van der Waals surface area (Å²) < 4.78 is 15.5. The van der Waals surface area contributed by atoms with Crippen LogP contribution in [0.3, 0.4) is 0 Å². The lowest BCUT2D eigenvalue weighted by molar-refractivity contribution is -0.172. The summed E-state index contributed by atoms with van der Waals surface area (Å²) in [6, 6.07) is 6.09. The van der Waals surface area contributed by atoms with Gasteiger partial charge in [-0.2, -0.15) is 0 Å². The molecule has 1 aliphatic rings. The SMILES string of the molecule is CCOC(=O)C(CCCNCC(=O)OC(C)(C)C)(C(=O)OCC)N1C(=O)c2ccccc2C1=O. The van der Waals surface area contributed by atoms with E-state index in [1.165, 1.54) is 12.1 Å². The van der Waals surface area contributed by atoms with Gasteiger partial charge in [-0.1, -0.05) is 12.1 Å². The maximum absolute atomic E-state index is 13.2. The molecule has 0 atom stereocenters. The van der Waals surface area contributed by atoms with E-state index < -0.39 is 40.9 Å². The minimum atomic E-state index is -2.30. The lowest BCUT2D eigenvalue weighted by Gasteiger charge is -2.35. The number of nitrogens with one attached hydrogen (secondary N) is 1. The molecule has 1 aliphatic heterocycles. The van der Waals surface area contributed by atoms with Crippen LogP contribution in [0.25, 0.3) is 0 Å². The van der Waals surface area contributed by atoms with Crippen molar-refractivity contribution in [3.8, 4) is 0 Å². The van der Waals surface area contributed by atoms with Gasteiger partial charge in [0.1, 0.15) is 5.60 Å². The van der Waals surface area contributed by atoms with E-state index in [1.54, 1.807) is 46.8 Å². The molecule has 0 radical (unpaired) electrons. The van der Waals surface area contributed by atoms with Crippen LogP contribution in [0.1, 0.15) is 68.2 Å². The summed E-state index contributed by atoms with van der Waals surface area (Å²) in [5.74, 6) is -4.10. The van der Waals surface area contributed by atoms with Gasteiger partial charge < -0.3 is 19.5 Å². The molecule has 0 saturated carbocycles. The van der Waals surface area contributed by atoms with Crippen molar-refractivity contribution in [3.63, 3.8) is 0 Å². The lowest BCUT2D eigenvalue weighted by atomic mass is 9.90. The Hall–Kier alpha value is -3.27. The van der Waals surface area contributed by atoms with E-state index >= 15 is 0 Å².